The van der Waals surface area contributed by atoms with Crippen LogP contribution in [0.1, 0.15) is 35.1 Å². The van der Waals surface area contributed by atoms with E-state index in [9.17, 15) is 4.79 Å². The van der Waals surface area contributed by atoms with Crippen LogP contribution in [0.2, 0.25) is 0 Å². The fraction of sp³-hybridized carbons (Fsp3) is 0.333. The molecule has 0 spiro atoms. The number of aryl methyl sites for hydroxylation is 1. The minimum atomic E-state index is -0.0411. The second-order valence-electron chi connectivity index (χ2n) is 6.13. The molecule has 0 amide bonds. The summed E-state index contributed by atoms with van der Waals surface area (Å²) in [5.41, 5.74) is 1.82. The van der Waals surface area contributed by atoms with Crippen molar-refractivity contribution < 1.29 is 0 Å². The van der Waals surface area contributed by atoms with Crippen molar-refractivity contribution in [3.63, 3.8) is 0 Å². The molecule has 3 heterocycles. The number of para-hydroxylation sites is 1. The van der Waals surface area contributed by atoms with E-state index in [-0.39, 0.29) is 5.56 Å². The highest BCUT2D eigenvalue weighted by Crippen LogP contribution is 2.35. The zero-order valence-corrected chi connectivity index (χ0v) is 13.9. The molecule has 0 bridgehead atoms. The predicted octanol–water partition coefficient (Wildman–Crippen LogP) is 3.63. The maximum Gasteiger partial charge on any atom is 0.258 e. The van der Waals surface area contributed by atoms with Gasteiger partial charge in [0.1, 0.15) is 5.82 Å². The van der Waals surface area contributed by atoms with E-state index in [1.807, 2.05) is 36.5 Å². The third-order valence-corrected chi connectivity index (χ3v) is 5.55. The molecule has 4 rings (SSSR count). The summed E-state index contributed by atoms with van der Waals surface area (Å²) >= 11 is 1.81. The number of rotatable bonds is 3. The summed E-state index contributed by atoms with van der Waals surface area (Å²) in [6.45, 7) is 3.75. The summed E-state index contributed by atoms with van der Waals surface area (Å²) in [4.78, 5) is 23.8. The highest BCUT2D eigenvalue weighted by molar-refractivity contribution is 7.10. The van der Waals surface area contributed by atoms with Crippen LogP contribution < -0.4 is 5.56 Å². The lowest BCUT2D eigenvalue weighted by molar-refractivity contribution is 0.245. The number of aromatic amines is 1. The second kappa shape index (κ2) is 5.91. The topological polar surface area (TPSA) is 49.0 Å². The molecule has 1 aliphatic rings. The van der Waals surface area contributed by atoms with E-state index in [0.717, 1.165) is 23.4 Å². The lowest BCUT2D eigenvalue weighted by atomic mass is 10.1. The molecule has 0 aliphatic carbocycles. The largest absolute Gasteiger partial charge is 0.309 e. The molecular formula is C18H19N3OS. The third-order valence-electron chi connectivity index (χ3n) is 4.58. The highest BCUT2D eigenvalue weighted by atomic mass is 32.1. The molecule has 1 atom stereocenters. The summed E-state index contributed by atoms with van der Waals surface area (Å²) in [6.07, 6.45) is 2.37. The van der Waals surface area contributed by atoms with Crippen LogP contribution in [0.4, 0.5) is 0 Å². The van der Waals surface area contributed by atoms with Crippen molar-refractivity contribution >= 4 is 22.2 Å². The smallest absolute Gasteiger partial charge is 0.258 e. The van der Waals surface area contributed by atoms with Crippen LogP contribution in [0, 0.1) is 6.92 Å². The van der Waals surface area contributed by atoms with E-state index >= 15 is 0 Å². The van der Waals surface area contributed by atoms with Gasteiger partial charge in [0.2, 0.25) is 0 Å². The average molecular weight is 325 g/mol. The highest BCUT2D eigenvalue weighted by Gasteiger charge is 2.27. The van der Waals surface area contributed by atoms with Crippen LogP contribution in [-0.2, 0) is 6.54 Å². The van der Waals surface area contributed by atoms with E-state index in [2.05, 4.69) is 27.4 Å². The second-order valence-corrected chi connectivity index (χ2v) is 7.11. The van der Waals surface area contributed by atoms with E-state index in [1.54, 1.807) is 0 Å². The molecule has 1 N–H and O–H groups in total. The molecule has 4 nitrogen and oxygen atoms in total. The van der Waals surface area contributed by atoms with Crippen LogP contribution in [0.15, 0.2) is 40.5 Å². The molecule has 118 valence electrons. The predicted molar refractivity (Wildman–Crippen MR) is 93.8 cm³/mol. The number of nitrogens with zero attached hydrogens (tertiary/aromatic N) is 2. The van der Waals surface area contributed by atoms with Gasteiger partial charge in [-0.3, -0.25) is 9.69 Å². The van der Waals surface area contributed by atoms with Crippen LogP contribution in [0.3, 0.4) is 0 Å². The van der Waals surface area contributed by atoms with Crippen molar-refractivity contribution in [3.8, 4) is 0 Å². The minimum Gasteiger partial charge on any atom is -0.309 e. The first-order chi connectivity index (χ1) is 11.2. The van der Waals surface area contributed by atoms with Gasteiger partial charge in [-0.1, -0.05) is 18.2 Å². The number of hydrogen-bond acceptors (Lipinski definition) is 4. The lowest BCUT2D eigenvalue weighted by Gasteiger charge is -2.23. The van der Waals surface area contributed by atoms with Gasteiger partial charge in [-0.15, -0.1) is 11.3 Å². The molecule has 2 aromatic heterocycles. The summed E-state index contributed by atoms with van der Waals surface area (Å²) in [5.74, 6) is 0.764. The van der Waals surface area contributed by atoms with Gasteiger partial charge in [-0.25, -0.2) is 4.98 Å². The van der Waals surface area contributed by atoms with E-state index in [0.29, 0.717) is 18.0 Å². The number of nitrogens with one attached hydrogen (secondary N) is 1. The Morgan fingerprint density at radius 2 is 2.26 bits per heavy atom. The van der Waals surface area contributed by atoms with Gasteiger partial charge in [-0.2, -0.15) is 0 Å². The quantitative estimate of drug-likeness (QED) is 0.800. The van der Waals surface area contributed by atoms with E-state index < -0.39 is 0 Å². The number of thiophene rings is 1. The molecule has 1 fully saturated rings. The van der Waals surface area contributed by atoms with Crippen LogP contribution in [-0.4, -0.2) is 21.4 Å². The normalized spacial score (nSPS) is 18.7. The molecule has 23 heavy (non-hydrogen) atoms. The van der Waals surface area contributed by atoms with Gasteiger partial charge in [0.25, 0.3) is 5.56 Å². The molecule has 0 unspecified atom stereocenters. The number of H-pyrrole nitrogens is 1. The Labute approximate surface area is 138 Å². The van der Waals surface area contributed by atoms with Gasteiger partial charge < -0.3 is 4.98 Å². The van der Waals surface area contributed by atoms with Crippen LogP contribution >= 0.6 is 11.3 Å². The molecule has 0 saturated carbocycles. The molecular weight excluding hydrogens is 306 g/mol. The lowest BCUT2D eigenvalue weighted by Crippen LogP contribution is -2.25. The minimum absolute atomic E-state index is 0.0411. The van der Waals surface area contributed by atoms with Gasteiger partial charge in [0, 0.05) is 10.9 Å². The van der Waals surface area contributed by atoms with Crippen molar-refractivity contribution in [2.75, 3.05) is 6.54 Å². The molecule has 5 heteroatoms. The fourth-order valence-corrected chi connectivity index (χ4v) is 4.33. The van der Waals surface area contributed by atoms with Crippen LogP contribution in [0.5, 0.6) is 0 Å². The Hall–Kier alpha value is -1.98. The number of fused-ring (bicyclic) bond motifs is 1. The first kappa shape index (κ1) is 14.6. The summed E-state index contributed by atoms with van der Waals surface area (Å²) in [6, 6.07) is 10.5. The Balaban J connectivity index is 1.67. The van der Waals surface area contributed by atoms with Crippen molar-refractivity contribution in [1.82, 2.24) is 14.9 Å². The molecule has 3 aromatic rings. The maximum absolute atomic E-state index is 12.3. The number of hydrogen-bond donors (Lipinski definition) is 1. The SMILES string of the molecule is Cc1cccc2c(=O)[nH]c(CN3CCC[C@H]3c3cccs3)nc12. The van der Waals surface area contributed by atoms with E-state index in [1.165, 1.54) is 17.7 Å². The first-order valence-electron chi connectivity index (χ1n) is 7.98. The molecule has 0 radical (unpaired) electrons. The summed E-state index contributed by atoms with van der Waals surface area (Å²) in [7, 11) is 0. The number of benzene rings is 1. The van der Waals surface area contributed by atoms with Gasteiger partial charge in [0.05, 0.1) is 17.4 Å². The van der Waals surface area contributed by atoms with Gasteiger partial charge in [0.15, 0.2) is 0 Å². The first-order valence-corrected chi connectivity index (χ1v) is 8.86. The number of likely N-dealkylation sites (tertiary alicyclic amines) is 1. The van der Waals surface area contributed by atoms with Gasteiger partial charge >= 0.3 is 0 Å². The Morgan fingerprint density at radius 3 is 3.09 bits per heavy atom. The molecule has 1 aromatic carbocycles. The monoisotopic (exact) mass is 325 g/mol. The fourth-order valence-electron chi connectivity index (χ4n) is 3.44. The standard InChI is InChI=1S/C18H19N3OS/c1-12-5-2-6-13-17(12)19-16(20-18(13)22)11-21-9-3-7-14(21)15-8-4-10-23-15/h2,4-6,8,10,14H,3,7,9,11H2,1H3,(H,19,20,22)/t14-/m0/s1. The zero-order valence-electron chi connectivity index (χ0n) is 13.1. The third kappa shape index (κ3) is 2.71. The van der Waals surface area contributed by atoms with Crippen molar-refractivity contribution in [2.24, 2.45) is 0 Å². The van der Waals surface area contributed by atoms with Gasteiger partial charge in [-0.05, 0) is 49.4 Å². The summed E-state index contributed by atoms with van der Waals surface area (Å²) < 4.78 is 0. The Morgan fingerprint density at radius 1 is 1.35 bits per heavy atom. The van der Waals surface area contributed by atoms with E-state index in [4.69, 9.17) is 4.98 Å². The number of aromatic nitrogens is 2. The van der Waals surface area contributed by atoms with Crippen LogP contribution in [0.25, 0.3) is 10.9 Å². The zero-order chi connectivity index (χ0) is 15.8. The maximum atomic E-state index is 12.3. The van der Waals surface area contributed by atoms with Crippen molar-refractivity contribution in [3.05, 3.63) is 62.3 Å². The Bertz CT molecular complexity index is 885. The van der Waals surface area contributed by atoms with Crippen molar-refractivity contribution in [2.45, 2.75) is 32.4 Å². The summed E-state index contributed by atoms with van der Waals surface area (Å²) in [5, 5.41) is 2.80. The van der Waals surface area contributed by atoms with Crippen molar-refractivity contribution in [1.29, 1.82) is 0 Å². The molecule has 1 saturated heterocycles. The Kier molecular flexibility index (Phi) is 3.75. The average Bonchev–Trinajstić information content (AvgIpc) is 3.19. The molecule has 1 aliphatic heterocycles.